The Labute approximate surface area is 155 Å². The standard InChI is InChI=1S/C15H13F3N4O6/c16-15(17,18)28-11-3-1-10(2-4-11)26-8-13(23)19-9-5-21-6-12(22(24)25)20-14(21)27-7-9/h1-4,6,9H,5,7-8H2,(H,19,23). The smallest absolute Gasteiger partial charge is 0.484 e. The first-order valence-electron chi connectivity index (χ1n) is 7.82. The van der Waals surface area contributed by atoms with Crippen molar-refractivity contribution in [3.63, 3.8) is 0 Å². The molecule has 3 rings (SSSR count). The maximum atomic E-state index is 12.1. The summed E-state index contributed by atoms with van der Waals surface area (Å²) in [5, 5.41) is 13.3. The van der Waals surface area contributed by atoms with E-state index in [1.54, 1.807) is 0 Å². The van der Waals surface area contributed by atoms with Crippen molar-refractivity contribution in [2.45, 2.75) is 18.9 Å². The van der Waals surface area contributed by atoms with Gasteiger partial charge < -0.3 is 29.6 Å². The number of alkyl halides is 3. The van der Waals surface area contributed by atoms with Crippen LogP contribution >= 0.6 is 0 Å². The summed E-state index contributed by atoms with van der Waals surface area (Å²) in [4.78, 5) is 25.7. The van der Waals surface area contributed by atoms with Crippen molar-refractivity contribution in [2.24, 2.45) is 0 Å². The van der Waals surface area contributed by atoms with Crippen LogP contribution < -0.4 is 19.5 Å². The number of halogens is 3. The van der Waals surface area contributed by atoms with Crippen LogP contribution in [0.1, 0.15) is 0 Å². The van der Waals surface area contributed by atoms with Crippen LogP contribution in [0, 0.1) is 10.1 Å². The number of aromatic nitrogens is 2. The molecule has 1 unspecified atom stereocenters. The first-order valence-corrected chi connectivity index (χ1v) is 7.82. The highest BCUT2D eigenvalue weighted by Gasteiger charge is 2.31. The second-order valence-corrected chi connectivity index (χ2v) is 5.67. The van der Waals surface area contributed by atoms with Gasteiger partial charge in [-0.1, -0.05) is 0 Å². The molecule has 28 heavy (non-hydrogen) atoms. The monoisotopic (exact) mass is 402 g/mol. The number of fused-ring (bicyclic) bond motifs is 1. The van der Waals surface area contributed by atoms with Crippen LogP contribution in [0.4, 0.5) is 19.0 Å². The fourth-order valence-electron chi connectivity index (χ4n) is 2.43. The predicted molar refractivity (Wildman–Crippen MR) is 84.9 cm³/mol. The molecule has 1 aromatic carbocycles. The fourth-order valence-corrected chi connectivity index (χ4v) is 2.43. The molecular formula is C15H13F3N4O6. The minimum absolute atomic E-state index is 0.0728. The maximum Gasteiger partial charge on any atom is 0.573 e. The van der Waals surface area contributed by atoms with Crippen molar-refractivity contribution in [3.8, 4) is 17.5 Å². The van der Waals surface area contributed by atoms with Crippen molar-refractivity contribution in [1.29, 1.82) is 0 Å². The molecule has 2 heterocycles. The number of hydrogen-bond acceptors (Lipinski definition) is 7. The van der Waals surface area contributed by atoms with Crippen LogP contribution in [0.25, 0.3) is 0 Å². The van der Waals surface area contributed by atoms with Crippen LogP contribution in [0.3, 0.4) is 0 Å². The number of carbonyl (C=O) groups is 1. The van der Waals surface area contributed by atoms with Crippen LogP contribution in [-0.2, 0) is 11.3 Å². The first-order chi connectivity index (χ1) is 13.2. The van der Waals surface area contributed by atoms with E-state index in [9.17, 15) is 28.1 Å². The summed E-state index contributed by atoms with van der Waals surface area (Å²) in [5.41, 5.74) is 0. The average molecular weight is 402 g/mol. The fraction of sp³-hybridized carbons (Fsp3) is 0.333. The molecule has 1 aromatic heterocycles. The second-order valence-electron chi connectivity index (χ2n) is 5.67. The summed E-state index contributed by atoms with van der Waals surface area (Å²) in [6, 6.07) is 4.21. The number of amides is 1. The van der Waals surface area contributed by atoms with E-state index < -0.39 is 29.0 Å². The van der Waals surface area contributed by atoms with Gasteiger partial charge >= 0.3 is 18.2 Å². The summed E-state index contributed by atoms with van der Waals surface area (Å²) in [6.45, 7) is -0.0817. The molecule has 0 fully saturated rings. The Morgan fingerprint density at radius 2 is 2.04 bits per heavy atom. The number of carbonyl (C=O) groups excluding carboxylic acids is 1. The first kappa shape index (κ1) is 19.3. The van der Waals surface area contributed by atoms with E-state index in [1.165, 1.54) is 22.9 Å². The summed E-state index contributed by atoms with van der Waals surface area (Å²) in [5.74, 6) is -1.09. The van der Waals surface area contributed by atoms with Gasteiger partial charge in [0, 0.05) is 4.98 Å². The van der Waals surface area contributed by atoms with Gasteiger partial charge in [-0.15, -0.1) is 13.2 Å². The molecule has 1 aliphatic heterocycles. The highest BCUT2D eigenvalue weighted by Crippen LogP contribution is 2.25. The molecule has 0 radical (unpaired) electrons. The molecule has 0 saturated carbocycles. The van der Waals surface area contributed by atoms with Crippen molar-refractivity contribution in [2.75, 3.05) is 13.2 Å². The van der Waals surface area contributed by atoms with Crippen molar-refractivity contribution < 1.29 is 37.1 Å². The zero-order valence-electron chi connectivity index (χ0n) is 14.0. The van der Waals surface area contributed by atoms with Crippen LogP contribution in [0.15, 0.2) is 30.5 Å². The van der Waals surface area contributed by atoms with Gasteiger partial charge in [-0.2, -0.15) is 0 Å². The largest absolute Gasteiger partial charge is 0.573 e. The molecule has 10 nitrogen and oxygen atoms in total. The van der Waals surface area contributed by atoms with Crippen LogP contribution in [-0.4, -0.2) is 46.0 Å². The molecule has 2 aromatic rings. The third kappa shape index (κ3) is 5.02. The lowest BCUT2D eigenvalue weighted by atomic mass is 10.3. The van der Waals surface area contributed by atoms with E-state index in [1.807, 2.05) is 0 Å². The van der Waals surface area contributed by atoms with E-state index in [-0.39, 0.29) is 37.3 Å². The zero-order chi connectivity index (χ0) is 20.3. The van der Waals surface area contributed by atoms with E-state index in [4.69, 9.17) is 9.47 Å². The van der Waals surface area contributed by atoms with E-state index in [0.717, 1.165) is 12.1 Å². The molecule has 0 bridgehead atoms. The Morgan fingerprint density at radius 3 is 2.68 bits per heavy atom. The number of hydrogen-bond donors (Lipinski definition) is 1. The molecule has 0 aliphatic carbocycles. The van der Waals surface area contributed by atoms with Gasteiger partial charge in [0.25, 0.3) is 5.91 Å². The van der Waals surface area contributed by atoms with Crippen molar-refractivity contribution >= 4 is 11.7 Å². The zero-order valence-corrected chi connectivity index (χ0v) is 14.0. The van der Waals surface area contributed by atoms with Crippen LogP contribution in [0.5, 0.6) is 17.5 Å². The van der Waals surface area contributed by atoms with Gasteiger partial charge in [-0.25, -0.2) is 0 Å². The number of rotatable bonds is 6. The highest BCUT2D eigenvalue weighted by atomic mass is 19.4. The quantitative estimate of drug-likeness (QED) is 0.577. The predicted octanol–water partition coefficient (Wildman–Crippen LogP) is 1.65. The van der Waals surface area contributed by atoms with E-state index in [2.05, 4.69) is 15.0 Å². The van der Waals surface area contributed by atoms with Gasteiger partial charge in [-0.3, -0.25) is 9.36 Å². The average Bonchev–Trinajstić information content (AvgIpc) is 3.03. The Kier molecular flexibility index (Phi) is 5.24. The lowest BCUT2D eigenvalue weighted by Crippen LogP contribution is -2.46. The molecule has 1 aliphatic rings. The summed E-state index contributed by atoms with van der Waals surface area (Å²) in [6.07, 6.45) is -3.59. The van der Waals surface area contributed by atoms with Crippen LogP contribution in [0.2, 0.25) is 0 Å². The minimum atomic E-state index is -4.79. The number of nitro groups is 1. The van der Waals surface area contributed by atoms with E-state index in [0.29, 0.717) is 0 Å². The number of benzene rings is 1. The lowest BCUT2D eigenvalue weighted by molar-refractivity contribution is -0.389. The summed E-state index contributed by atoms with van der Waals surface area (Å²) in [7, 11) is 0. The lowest BCUT2D eigenvalue weighted by Gasteiger charge is -2.23. The Bertz CT molecular complexity index is 868. The molecule has 0 saturated heterocycles. The molecule has 1 atom stereocenters. The van der Waals surface area contributed by atoms with Gasteiger partial charge in [0.05, 0.1) is 12.6 Å². The minimum Gasteiger partial charge on any atom is -0.484 e. The molecule has 1 amide bonds. The molecule has 150 valence electrons. The van der Waals surface area contributed by atoms with Crippen molar-refractivity contribution in [1.82, 2.24) is 14.9 Å². The molecular weight excluding hydrogens is 389 g/mol. The molecule has 0 spiro atoms. The Hall–Kier alpha value is -3.51. The summed E-state index contributed by atoms with van der Waals surface area (Å²) >= 11 is 0. The molecule has 1 N–H and O–H groups in total. The number of nitrogens with zero attached hydrogens (tertiary/aromatic N) is 3. The van der Waals surface area contributed by atoms with Crippen molar-refractivity contribution in [3.05, 3.63) is 40.6 Å². The number of imidazole rings is 1. The Morgan fingerprint density at radius 1 is 1.36 bits per heavy atom. The number of ether oxygens (including phenoxy) is 3. The highest BCUT2D eigenvalue weighted by molar-refractivity contribution is 5.77. The van der Waals surface area contributed by atoms with Gasteiger partial charge in [-0.05, 0) is 29.2 Å². The molecule has 13 heteroatoms. The SMILES string of the molecule is O=C(COc1ccc(OC(F)(F)F)cc1)NC1COc2nc([N+](=O)[O-])cn2C1. The summed E-state index contributed by atoms with van der Waals surface area (Å²) < 4.78 is 51.9. The van der Waals surface area contributed by atoms with Gasteiger partial charge in [0.1, 0.15) is 24.3 Å². The number of nitrogens with one attached hydrogen (secondary N) is 1. The van der Waals surface area contributed by atoms with Gasteiger partial charge in [0.15, 0.2) is 6.61 Å². The topological polar surface area (TPSA) is 118 Å². The van der Waals surface area contributed by atoms with Gasteiger partial charge in [0.2, 0.25) is 0 Å². The third-order valence-electron chi connectivity index (χ3n) is 3.54. The normalized spacial score (nSPS) is 15.9. The second kappa shape index (κ2) is 7.62. The Balaban J connectivity index is 1.47. The van der Waals surface area contributed by atoms with E-state index >= 15 is 0 Å². The third-order valence-corrected chi connectivity index (χ3v) is 3.54. The maximum absolute atomic E-state index is 12.1.